The van der Waals surface area contributed by atoms with E-state index in [1.165, 1.54) is 6.42 Å². The van der Waals surface area contributed by atoms with E-state index < -0.39 is 5.79 Å². The van der Waals surface area contributed by atoms with Gasteiger partial charge in [-0.15, -0.1) is 0 Å². The average Bonchev–Trinajstić information content (AvgIpc) is 3.08. The fourth-order valence-electron chi connectivity index (χ4n) is 3.78. The summed E-state index contributed by atoms with van der Waals surface area (Å²) in [5, 5.41) is 0. The molecule has 0 spiro atoms. The van der Waals surface area contributed by atoms with Crippen molar-refractivity contribution in [3.63, 3.8) is 0 Å². The maximum Gasteiger partial charge on any atom is 0.163 e. The van der Waals surface area contributed by atoms with Crippen LogP contribution in [0.3, 0.4) is 0 Å². The molecule has 2 rings (SSSR count). The van der Waals surface area contributed by atoms with E-state index in [1.54, 1.807) is 0 Å². The molecule has 3 unspecified atom stereocenters. The van der Waals surface area contributed by atoms with E-state index in [-0.39, 0.29) is 23.9 Å². The van der Waals surface area contributed by atoms with Crippen molar-refractivity contribution >= 4 is 0 Å². The minimum atomic E-state index is -0.525. The van der Waals surface area contributed by atoms with Crippen LogP contribution in [0.1, 0.15) is 67.2 Å². The topological polar surface area (TPSA) is 40.2 Å². The number of hydrogen-bond acceptors (Lipinski definition) is 5. The molecular weight excluding hydrogens is 318 g/mol. The highest BCUT2D eigenvalue weighted by Gasteiger charge is 2.45. The minimum Gasteiger partial charge on any atom is -0.373 e. The van der Waals surface area contributed by atoms with Crippen LogP contribution >= 0.6 is 0 Å². The Hall–Kier alpha value is -0.200. The van der Waals surface area contributed by atoms with E-state index in [0.29, 0.717) is 6.61 Å². The van der Waals surface area contributed by atoms with Crippen molar-refractivity contribution in [3.05, 3.63) is 0 Å². The highest BCUT2D eigenvalue weighted by molar-refractivity contribution is 4.91. The van der Waals surface area contributed by atoms with Gasteiger partial charge in [-0.1, -0.05) is 13.8 Å². The summed E-state index contributed by atoms with van der Waals surface area (Å²) < 4.78 is 24.4. The zero-order valence-corrected chi connectivity index (χ0v) is 17.2. The molecule has 0 aromatic rings. The standard InChI is InChI=1S/C20H39NO4/c1-7-21(8-2)13-9-10-14-22-18(16-11-12-19(3,4)24-16)17-15-23-20(5,6)25-17/h16-18H,7-15H2,1-6H3. The van der Waals surface area contributed by atoms with E-state index in [4.69, 9.17) is 18.9 Å². The fraction of sp³-hybridized carbons (Fsp3) is 1.00. The van der Waals surface area contributed by atoms with Gasteiger partial charge in [0.15, 0.2) is 5.79 Å². The van der Waals surface area contributed by atoms with Gasteiger partial charge in [-0.2, -0.15) is 0 Å². The SMILES string of the molecule is CCN(CC)CCCCOC(C1CCC(C)(C)O1)C1COC(C)(C)O1. The van der Waals surface area contributed by atoms with Gasteiger partial charge in [0.25, 0.3) is 0 Å². The number of hydrogen-bond donors (Lipinski definition) is 0. The Morgan fingerprint density at radius 1 is 1.04 bits per heavy atom. The Morgan fingerprint density at radius 2 is 1.76 bits per heavy atom. The van der Waals surface area contributed by atoms with Gasteiger partial charge in [-0.3, -0.25) is 0 Å². The first kappa shape index (κ1) is 21.1. The summed E-state index contributed by atoms with van der Waals surface area (Å²) >= 11 is 0. The lowest BCUT2D eigenvalue weighted by atomic mass is 10.0. The molecule has 0 aromatic heterocycles. The van der Waals surface area contributed by atoms with Crippen LogP contribution in [0, 0.1) is 0 Å². The second-order valence-corrected chi connectivity index (χ2v) is 8.39. The number of unbranched alkanes of at least 4 members (excludes halogenated alkanes) is 1. The first-order valence-corrected chi connectivity index (χ1v) is 10.1. The van der Waals surface area contributed by atoms with Gasteiger partial charge in [0, 0.05) is 6.61 Å². The third kappa shape index (κ3) is 6.47. The van der Waals surface area contributed by atoms with Crippen molar-refractivity contribution in [2.45, 2.75) is 96.9 Å². The molecule has 2 aliphatic rings. The average molecular weight is 358 g/mol. The largest absolute Gasteiger partial charge is 0.373 e. The molecule has 2 saturated heterocycles. The van der Waals surface area contributed by atoms with Crippen LogP contribution in [0.15, 0.2) is 0 Å². The summed E-state index contributed by atoms with van der Waals surface area (Å²) in [6.07, 6.45) is 4.33. The molecule has 25 heavy (non-hydrogen) atoms. The van der Waals surface area contributed by atoms with Crippen LogP contribution in [-0.2, 0) is 18.9 Å². The number of rotatable bonds is 10. The molecule has 5 nitrogen and oxygen atoms in total. The van der Waals surface area contributed by atoms with Crippen LogP contribution in [0.4, 0.5) is 0 Å². The lowest BCUT2D eigenvalue weighted by Gasteiger charge is -2.30. The molecule has 148 valence electrons. The predicted octanol–water partition coefficient (Wildman–Crippen LogP) is 3.60. The second-order valence-electron chi connectivity index (χ2n) is 8.39. The Bertz CT molecular complexity index is 369. The third-order valence-electron chi connectivity index (χ3n) is 5.34. The van der Waals surface area contributed by atoms with Gasteiger partial charge < -0.3 is 23.8 Å². The minimum absolute atomic E-state index is 0.0444. The van der Waals surface area contributed by atoms with Gasteiger partial charge in [-0.05, 0) is 73.0 Å². The lowest BCUT2D eigenvalue weighted by Crippen LogP contribution is -2.43. The van der Waals surface area contributed by atoms with Crippen LogP contribution in [-0.4, -0.2) is 67.4 Å². The van der Waals surface area contributed by atoms with Crippen LogP contribution in [0.2, 0.25) is 0 Å². The molecule has 0 bridgehead atoms. The summed E-state index contributed by atoms with van der Waals surface area (Å²) in [4.78, 5) is 2.45. The monoisotopic (exact) mass is 357 g/mol. The maximum atomic E-state index is 6.30. The van der Waals surface area contributed by atoms with Crippen LogP contribution in [0.5, 0.6) is 0 Å². The van der Waals surface area contributed by atoms with E-state index in [2.05, 4.69) is 32.6 Å². The quantitative estimate of drug-likeness (QED) is 0.559. The van der Waals surface area contributed by atoms with Crippen molar-refractivity contribution in [2.75, 3.05) is 32.8 Å². The number of ether oxygens (including phenoxy) is 4. The van der Waals surface area contributed by atoms with Gasteiger partial charge in [0.2, 0.25) is 0 Å². The molecule has 0 saturated carbocycles. The predicted molar refractivity (Wildman–Crippen MR) is 99.9 cm³/mol. The highest BCUT2D eigenvalue weighted by Crippen LogP contribution is 2.36. The summed E-state index contributed by atoms with van der Waals surface area (Å²) in [7, 11) is 0. The molecule has 0 amide bonds. The van der Waals surface area contributed by atoms with Gasteiger partial charge >= 0.3 is 0 Å². The molecule has 2 fully saturated rings. The molecule has 5 heteroatoms. The Labute approximate surface area is 154 Å². The first-order valence-electron chi connectivity index (χ1n) is 10.1. The van der Waals surface area contributed by atoms with Crippen molar-refractivity contribution in [1.29, 1.82) is 0 Å². The van der Waals surface area contributed by atoms with Gasteiger partial charge in [0.05, 0.1) is 18.3 Å². The number of nitrogens with zero attached hydrogens (tertiary/aromatic N) is 1. The molecule has 0 N–H and O–H groups in total. The summed E-state index contributed by atoms with van der Waals surface area (Å²) in [6.45, 7) is 17.4. The highest BCUT2D eigenvalue weighted by atomic mass is 16.8. The second kappa shape index (κ2) is 9.14. The molecule has 0 aromatic carbocycles. The Morgan fingerprint density at radius 3 is 2.28 bits per heavy atom. The van der Waals surface area contributed by atoms with Crippen molar-refractivity contribution in [2.24, 2.45) is 0 Å². The fourth-order valence-corrected chi connectivity index (χ4v) is 3.78. The summed E-state index contributed by atoms with van der Waals surface area (Å²) in [5.41, 5.74) is -0.0655. The van der Waals surface area contributed by atoms with Gasteiger partial charge in [-0.25, -0.2) is 0 Å². The van der Waals surface area contributed by atoms with Gasteiger partial charge in [0.1, 0.15) is 12.2 Å². The normalized spacial score (nSPS) is 29.4. The lowest BCUT2D eigenvalue weighted by molar-refractivity contribution is -0.178. The van der Waals surface area contributed by atoms with Crippen molar-refractivity contribution in [3.8, 4) is 0 Å². The third-order valence-corrected chi connectivity index (χ3v) is 5.34. The molecule has 0 radical (unpaired) electrons. The zero-order valence-electron chi connectivity index (χ0n) is 17.2. The van der Waals surface area contributed by atoms with E-state index in [9.17, 15) is 0 Å². The molecule has 2 heterocycles. The smallest absolute Gasteiger partial charge is 0.163 e. The molecule has 3 atom stereocenters. The van der Waals surface area contributed by atoms with E-state index in [0.717, 1.165) is 45.5 Å². The first-order chi connectivity index (χ1) is 11.8. The van der Waals surface area contributed by atoms with Crippen LogP contribution < -0.4 is 0 Å². The Kier molecular flexibility index (Phi) is 7.71. The van der Waals surface area contributed by atoms with E-state index in [1.807, 2.05) is 13.8 Å². The molecule has 0 aliphatic carbocycles. The molecule has 2 aliphatic heterocycles. The summed E-state index contributed by atoms with van der Waals surface area (Å²) in [5.74, 6) is -0.525. The van der Waals surface area contributed by atoms with E-state index >= 15 is 0 Å². The van der Waals surface area contributed by atoms with Crippen molar-refractivity contribution < 1.29 is 18.9 Å². The zero-order chi connectivity index (χ0) is 18.5. The van der Waals surface area contributed by atoms with Crippen LogP contribution in [0.25, 0.3) is 0 Å². The Balaban J connectivity index is 1.83. The summed E-state index contributed by atoms with van der Waals surface area (Å²) in [6, 6.07) is 0. The molecular formula is C20H39NO4. The maximum absolute atomic E-state index is 6.30. The van der Waals surface area contributed by atoms with Crippen molar-refractivity contribution in [1.82, 2.24) is 4.90 Å².